The van der Waals surface area contributed by atoms with Crippen molar-refractivity contribution in [3.63, 3.8) is 0 Å². The normalized spacial score (nSPS) is 13.6. The smallest absolute Gasteiger partial charge is 0.249 e. The molecule has 2 aromatic carbocycles. The lowest BCUT2D eigenvalue weighted by molar-refractivity contribution is -0.120. The van der Waals surface area contributed by atoms with Crippen LogP contribution in [0.25, 0.3) is 0 Å². The summed E-state index contributed by atoms with van der Waals surface area (Å²) >= 11 is 0. The zero-order chi connectivity index (χ0) is 18.1. The van der Waals surface area contributed by atoms with Gasteiger partial charge in [0.15, 0.2) is 5.82 Å². The van der Waals surface area contributed by atoms with Gasteiger partial charge in [-0.2, -0.15) is 5.21 Å². The van der Waals surface area contributed by atoms with Crippen molar-refractivity contribution in [1.82, 2.24) is 25.9 Å². The SMILES string of the molecule is O=C(Cc1nn[nH]n1)NCc1ccc2c(c1)CN(c1cc(=O)c1=O)CC2. The highest BCUT2D eigenvalue weighted by Gasteiger charge is 2.22. The third-order valence-electron chi connectivity index (χ3n) is 4.55. The maximum atomic E-state index is 11.9. The molecule has 26 heavy (non-hydrogen) atoms. The molecule has 3 aromatic rings. The summed E-state index contributed by atoms with van der Waals surface area (Å²) < 4.78 is 0. The van der Waals surface area contributed by atoms with Gasteiger partial charge in [-0.05, 0) is 23.1 Å². The summed E-state index contributed by atoms with van der Waals surface area (Å²) in [5, 5.41) is 16.0. The first-order valence-electron chi connectivity index (χ1n) is 8.25. The number of fused-ring (bicyclic) bond motifs is 1. The van der Waals surface area contributed by atoms with E-state index in [0.29, 0.717) is 24.6 Å². The topological polar surface area (TPSA) is 121 Å². The van der Waals surface area contributed by atoms with E-state index in [2.05, 4.69) is 32.0 Å². The Morgan fingerprint density at radius 2 is 2.12 bits per heavy atom. The van der Waals surface area contributed by atoms with Gasteiger partial charge in [-0.1, -0.05) is 23.4 Å². The van der Waals surface area contributed by atoms with Gasteiger partial charge < -0.3 is 10.2 Å². The Morgan fingerprint density at radius 3 is 2.85 bits per heavy atom. The molecule has 0 spiro atoms. The van der Waals surface area contributed by atoms with Crippen LogP contribution in [0.5, 0.6) is 0 Å². The molecule has 0 atom stereocenters. The number of benzene rings is 1. The van der Waals surface area contributed by atoms with Gasteiger partial charge in [0.05, 0.1) is 12.1 Å². The number of nitrogens with one attached hydrogen (secondary N) is 2. The maximum Gasteiger partial charge on any atom is 0.249 e. The second-order valence-corrected chi connectivity index (χ2v) is 6.28. The van der Waals surface area contributed by atoms with Crippen molar-refractivity contribution in [2.45, 2.75) is 25.9 Å². The van der Waals surface area contributed by atoms with Gasteiger partial charge in [-0.25, -0.2) is 0 Å². The highest BCUT2D eigenvalue weighted by molar-refractivity contribution is 5.77. The van der Waals surface area contributed by atoms with Crippen molar-refractivity contribution in [3.8, 4) is 0 Å². The van der Waals surface area contributed by atoms with E-state index in [-0.39, 0.29) is 12.3 Å². The Morgan fingerprint density at radius 1 is 1.23 bits per heavy atom. The summed E-state index contributed by atoms with van der Waals surface area (Å²) in [6, 6.07) is 7.47. The molecule has 1 aromatic heterocycles. The monoisotopic (exact) mass is 352 g/mol. The number of aromatic nitrogens is 4. The third-order valence-corrected chi connectivity index (χ3v) is 4.55. The maximum absolute atomic E-state index is 11.9. The minimum Gasteiger partial charge on any atom is -0.363 e. The highest BCUT2D eigenvalue weighted by Crippen LogP contribution is 2.23. The minimum absolute atomic E-state index is 0.0690. The van der Waals surface area contributed by atoms with E-state index in [1.54, 1.807) is 0 Å². The lowest BCUT2D eigenvalue weighted by Gasteiger charge is -2.31. The molecule has 1 amide bonds. The number of nitrogens with zero attached hydrogens (tertiary/aromatic N) is 4. The van der Waals surface area contributed by atoms with E-state index in [4.69, 9.17) is 0 Å². The first-order chi connectivity index (χ1) is 12.6. The molecule has 9 nitrogen and oxygen atoms in total. The second kappa shape index (κ2) is 6.51. The number of carbonyl (C=O) groups excluding carboxylic acids is 1. The van der Waals surface area contributed by atoms with E-state index >= 15 is 0 Å². The average molecular weight is 352 g/mol. The van der Waals surface area contributed by atoms with Crippen LogP contribution in [0.4, 0.5) is 5.69 Å². The number of amides is 1. The fourth-order valence-corrected chi connectivity index (χ4v) is 3.13. The van der Waals surface area contributed by atoms with Gasteiger partial charge >= 0.3 is 0 Å². The Kier molecular flexibility index (Phi) is 4.04. The molecule has 2 heterocycles. The number of anilines is 1. The second-order valence-electron chi connectivity index (χ2n) is 6.28. The van der Waals surface area contributed by atoms with Gasteiger partial charge in [0.2, 0.25) is 16.8 Å². The predicted octanol–water partition coefficient (Wildman–Crippen LogP) is -0.783. The van der Waals surface area contributed by atoms with Crippen molar-refractivity contribution < 1.29 is 4.79 Å². The van der Waals surface area contributed by atoms with Crippen LogP contribution in [0.1, 0.15) is 22.5 Å². The van der Waals surface area contributed by atoms with Crippen LogP contribution in [0, 0.1) is 0 Å². The van der Waals surface area contributed by atoms with E-state index in [1.807, 2.05) is 17.0 Å². The predicted molar refractivity (Wildman–Crippen MR) is 92.3 cm³/mol. The first-order valence-corrected chi connectivity index (χ1v) is 8.25. The zero-order valence-corrected chi connectivity index (χ0v) is 13.9. The van der Waals surface area contributed by atoms with Crippen molar-refractivity contribution in [2.24, 2.45) is 0 Å². The summed E-state index contributed by atoms with van der Waals surface area (Å²) in [6.07, 6.45) is 0.887. The van der Waals surface area contributed by atoms with Gasteiger partial charge in [-0.3, -0.25) is 14.4 Å². The van der Waals surface area contributed by atoms with Crippen molar-refractivity contribution in [1.29, 1.82) is 0 Å². The van der Waals surface area contributed by atoms with Crippen molar-refractivity contribution in [3.05, 3.63) is 67.2 Å². The number of rotatable bonds is 5. The minimum atomic E-state index is -0.427. The molecular formula is C17H16N6O3. The van der Waals surface area contributed by atoms with Gasteiger partial charge in [0, 0.05) is 25.7 Å². The fraction of sp³-hybridized carbons (Fsp3) is 0.294. The lowest BCUT2D eigenvalue weighted by atomic mass is 9.96. The molecule has 0 saturated heterocycles. The molecule has 0 aliphatic carbocycles. The standard InChI is InChI=1S/C17H16N6O3/c24-14-6-13(17(14)26)23-4-3-11-2-1-10(5-12(11)9-23)8-18-16(25)7-15-19-21-22-20-15/h1-2,5-6H,3-4,7-9H2,(H,18,25)(H,19,20,21,22). The molecule has 0 unspecified atom stereocenters. The van der Waals surface area contributed by atoms with Crippen LogP contribution < -0.4 is 21.1 Å². The summed E-state index contributed by atoms with van der Waals surface area (Å²) in [7, 11) is 0. The molecule has 1 aliphatic heterocycles. The molecule has 2 N–H and O–H groups in total. The summed E-state index contributed by atoms with van der Waals surface area (Å²) in [4.78, 5) is 36.6. The van der Waals surface area contributed by atoms with Crippen LogP contribution >= 0.6 is 0 Å². The average Bonchev–Trinajstić information content (AvgIpc) is 3.16. The zero-order valence-electron chi connectivity index (χ0n) is 13.9. The molecule has 0 saturated carbocycles. The molecule has 0 radical (unpaired) electrons. The Bertz CT molecular complexity index is 1020. The highest BCUT2D eigenvalue weighted by atomic mass is 16.2. The van der Waals surface area contributed by atoms with Crippen LogP contribution in [0.3, 0.4) is 0 Å². The number of H-pyrrole nitrogens is 1. The van der Waals surface area contributed by atoms with Crippen molar-refractivity contribution in [2.75, 3.05) is 11.4 Å². The van der Waals surface area contributed by atoms with E-state index in [0.717, 1.165) is 24.1 Å². The van der Waals surface area contributed by atoms with Gasteiger partial charge in [-0.15, -0.1) is 10.2 Å². The molecule has 4 rings (SSSR count). The Hall–Kier alpha value is -3.36. The van der Waals surface area contributed by atoms with Crippen molar-refractivity contribution >= 4 is 11.6 Å². The van der Waals surface area contributed by atoms with E-state index in [9.17, 15) is 14.4 Å². The van der Waals surface area contributed by atoms with E-state index in [1.165, 1.54) is 11.6 Å². The molecule has 1 aliphatic rings. The largest absolute Gasteiger partial charge is 0.363 e. The molecule has 9 heteroatoms. The van der Waals surface area contributed by atoms with Crippen LogP contribution in [-0.2, 0) is 30.7 Å². The molecule has 0 bridgehead atoms. The molecule has 132 valence electrons. The molecule has 0 fully saturated rings. The molecular weight excluding hydrogens is 336 g/mol. The number of tetrazole rings is 1. The lowest BCUT2D eigenvalue weighted by Crippen LogP contribution is -2.41. The van der Waals surface area contributed by atoms with Crippen LogP contribution in [-0.4, -0.2) is 33.1 Å². The number of hydrogen-bond donors (Lipinski definition) is 2. The van der Waals surface area contributed by atoms with Crippen LogP contribution in [0.15, 0.2) is 33.9 Å². The number of aromatic amines is 1. The Balaban J connectivity index is 1.41. The quantitative estimate of drug-likeness (QED) is 0.578. The van der Waals surface area contributed by atoms with Gasteiger partial charge in [0.25, 0.3) is 0 Å². The van der Waals surface area contributed by atoms with E-state index < -0.39 is 10.9 Å². The third kappa shape index (κ3) is 3.10. The summed E-state index contributed by atoms with van der Waals surface area (Å²) in [6.45, 7) is 1.70. The number of carbonyl (C=O) groups is 1. The Labute approximate surface area is 147 Å². The summed E-state index contributed by atoms with van der Waals surface area (Å²) in [5.74, 6) is 0.158. The first kappa shape index (κ1) is 16.1. The van der Waals surface area contributed by atoms with Crippen LogP contribution in [0.2, 0.25) is 0 Å². The number of hydrogen-bond acceptors (Lipinski definition) is 7. The fourth-order valence-electron chi connectivity index (χ4n) is 3.13. The summed E-state index contributed by atoms with van der Waals surface area (Å²) in [5.41, 5.74) is 2.97. The van der Waals surface area contributed by atoms with Gasteiger partial charge in [0.1, 0.15) is 0 Å².